The van der Waals surface area contributed by atoms with Crippen LogP contribution in [0.5, 0.6) is 5.75 Å². The minimum Gasteiger partial charge on any atom is -0.494 e. The van der Waals surface area contributed by atoms with Crippen molar-refractivity contribution in [3.63, 3.8) is 0 Å². The molecular weight excluding hydrogens is 397 g/mol. The predicted octanol–water partition coefficient (Wildman–Crippen LogP) is 1.64. The summed E-state index contributed by atoms with van der Waals surface area (Å²) in [5.74, 6) is 1.86. The molecule has 1 aromatic heterocycles. The maximum atomic E-state index is 14.0. The van der Waals surface area contributed by atoms with Crippen LogP contribution in [0.4, 0.5) is 27.7 Å². The van der Waals surface area contributed by atoms with Gasteiger partial charge in [0.1, 0.15) is 18.1 Å². The number of anilines is 4. The van der Waals surface area contributed by atoms with Crippen molar-refractivity contribution in [1.82, 2.24) is 15.0 Å². The highest BCUT2D eigenvalue weighted by Crippen LogP contribution is 2.19. The Morgan fingerprint density at radius 3 is 2.52 bits per heavy atom. The van der Waals surface area contributed by atoms with Gasteiger partial charge in [-0.1, -0.05) is 12.1 Å². The maximum absolute atomic E-state index is 14.0. The van der Waals surface area contributed by atoms with Gasteiger partial charge in [0.15, 0.2) is 5.82 Å². The van der Waals surface area contributed by atoms with Gasteiger partial charge < -0.3 is 25.6 Å². The van der Waals surface area contributed by atoms with Crippen LogP contribution in [0, 0.1) is 5.82 Å². The summed E-state index contributed by atoms with van der Waals surface area (Å²) in [6, 6.07) is 14.5. The molecule has 4 rings (SSSR count). The van der Waals surface area contributed by atoms with Crippen LogP contribution in [0.2, 0.25) is 0 Å². The number of benzene rings is 2. The van der Waals surface area contributed by atoms with E-state index in [0.29, 0.717) is 30.6 Å². The quantitative estimate of drug-likeness (QED) is 0.531. The van der Waals surface area contributed by atoms with E-state index in [1.807, 2.05) is 43.3 Å². The van der Waals surface area contributed by atoms with Gasteiger partial charge in [-0.3, -0.25) is 0 Å². The van der Waals surface area contributed by atoms with Gasteiger partial charge in [0.05, 0.1) is 38.5 Å². The Morgan fingerprint density at radius 2 is 1.81 bits per heavy atom. The molecule has 9 heteroatoms. The first-order valence-corrected chi connectivity index (χ1v) is 10.4. The number of nitrogens with one attached hydrogen (secondary N) is 2. The third kappa shape index (κ3) is 5.37. The first kappa shape index (κ1) is 20.8. The van der Waals surface area contributed by atoms with Gasteiger partial charge in [-0.25, -0.2) is 4.39 Å². The zero-order chi connectivity index (χ0) is 21.6. The van der Waals surface area contributed by atoms with Crippen molar-refractivity contribution in [3.05, 3.63) is 60.2 Å². The Morgan fingerprint density at radius 1 is 1.06 bits per heavy atom. The Kier molecular flexibility index (Phi) is 6.42. The van der Waals surface area contributed by atoms with E-state index in [1.165, 1.54) is 11.0 Å². The van der Waals surface area contributed by atoms with Gasteiger partial charge in [0.2, 0.25) is 11.9 Å². The highest BCUT2D eigenvalue weighted by molar-refractivity contribution is 5.55. The van der Waals surface area contributed by atoms with E-state index in [2.05, 4.69) is 25.2 Å². The van der Waals surface area contributed by atoms with Crippen LogP contribution >= 0.6 is 0 Å². The lowest BCUT2D eigenvalue weighted by Crippen LogP contribution is -3.13. The van der Waals surface area contributed by atoms with Crippen molar-refractivity contribution >= 4 is 23.3 Å². The van der Waals surface area contributed by atoms with Gasteiger partial charge in [-0.15, -0.1) is 0 Å². The Hall–Kier alpha value is -3.46. The summed E-state index contributed by atoms with van der Waals surface area (Å²) in [6.07, 6.45) is 0. The maximum Gasteiger partial charge on any atom is 0.232 e. The number of piperazine rings is 1. The highest BCUT2D eigenvalue weighted by atomic mass is 19.1. The number of ether oxygens (including phenoxy) is 1. The second kappa shape index (κ2) is 9.57. The Bertz CT molecular complexity index is 1010. The van der Waals surface area contributed by atoms with E-state index in [9.17, 15) is 4.39 Å². The third-order valence-electron chi connectivity index (χ3n) is 5.19. The molecule has 0 unspecified atom stereocenters. The van der Waals surface area contributed by atoms with E-state index in [0.717, 1.165) is 37.6 Å². The average molecular weight is 425 g/mol. The number of hydrogen-bond acceptors (Lipinski definition) is 7. The largest absolute Gasteiger partial charge is 0.494 e. The number of halogens is 1. The zero-order valence-corrected chi connectivity index (χ0v) is 17.5. The number of para-hydroxylation sites is 1. The smallest absolute Gasteiger partial charge is 0.232 e. The molecule has 0 saturated carbocycles. The van der Waals surface area contributed by atoms with Gasteiger partial charge in [0.25, 0.3) is 0 Å². The first-order valence-electron chi connectivity index (χ1n) is 10.4. The van der Waals surface area contributed by atoms with E-state index in [1.54, 1.807) is 6.07 Å². The van der Waals surface area contributed by atoms with Crippen molar-refractivity contribution in [2.24, 2.45) is 0 Å². The molecular formula is C22H27FN7O+. The fourth-order valence-corrected chi connectivity index (χ4v) is 3.68. The fourth-order valence-electron chi connectivity index (χ4n) is 3.68. The van der Waals surface area contributed by atoms with Crippen LogP contribution in [0.15, 0.2) is 48.5 Å². The summed E-state index contributed by atoms with van der Waals surface area (Å²) in [5.41, 5.74) is 7.41. The molecule has 1 fully saturated rings. The van der Waals surface area contributed by atoms with Gasteiger partial charge in [-0.2, -0.15) is 15.0 Å². The topological polar surface area (TPSA) is 93.6 Å². The number of nitrogens with zero attached hydrogens (tertiary/aromatic N) is 4. The SMILES string of the molecule is CCOc1ccc(Nc2nc(N)nc(C[NH+]3CCN(c4ccccc4F)CC3)n2)cc1. The fraction of sp³-hybridized carbons (Fsp3) is 0.318. The summed E-state index contributed by atoms with van der Waals surface area (Å²) in [7, 11) is 0. The summed E-state index contributed by atoms with van der Waals surface area (Å²) < 4.78 is 19.5. The number of aromatic nitrogens is 3. The molecule has 2 aromatic carbocycles. The number of hydrogen-bond donors (Lipinski definition) is 3. The molecule has 0 aliphatic carbocycles. The van der Waals surface area contributed by atoms with Crippen molar-refractivity contribution < 1.29 is 14.0 Å². The minimum atomic E-state index is -0.179. The molecule has 0 spiro atoms. The molecule has 1 aliphatic heterocycles. The number of quaternary nitrogens is 1. The highest BCUT2D eigenvalue weighted by Gasteiger charge is 2.23. The van der Waals surface area contributed by atoms with E-state index >= 15 is 0 Å². The van der Waals surface area contributed by atoms with Crippen LogP contribution in [-0.4, -0.2) is 47.7 Å². The lowest BCUT2D eigenvalue weighted by Gasteiger charge is -2.33. The van der Waals surface area contributed by atoms with Crippen molar-refractivity contribution in [1.29, 1.82) is 0 Å². The second-order valence-corrected chi connectivity index (χ2v) is 7.38. The number of nitrogens with two attached hydrogens (primary N) is 1. The van der Waals surface area contributed by atoms with Gasteiger partial charge in [0, 0.05) is 5.69 Å². The summed E-state index contributed by atoms with van der Waals surface area (Å²) >= 11 is 0. The van der Waals surface area contributed by atoms with Crippen LogP contribution < -0.4 is 25.6 Å². The summed E-state index contributed by atoms with van der Waals surface area (Å²) in [5, 5.41) is 3.17. The lowest BCUT2D eigenvalue weighted by atomic mass is 10.2. The Labute approximate surface area is 180 Å². The van der Waals surface area contributed by atoms with Crippen molar-refractivity contribution in [2.45, 2.75) is 13.5 Å². The Balaban J connectivity index is 1.37. The number of rotatable bonds is 7. The molecule has 0 bridgehead atoms. The molecule has 2 heterocycles. The standard InChI is InChI=1S/C22H26FN7O/c1-2-31-17-9-7-16(8-10-17)25-22-27-20(26-21(24)28-22)15-29-11-13-30(14-12-29)19-6-4-3-5-18(19)23/h3-10H,2,11-15H2,1H3,(H3,24,25,26,27,28)/p+1. The van der Waals surface area contributed by atoms with Crippen LogP contribution in [0.25, 0.3) is 0 Å². The molecule has 4 N–H and O–H groups in total. The van der Waals surface area contributed by atoms with E-state index in [-0.39, 0.29) is 11.8 Å². The molecule has 0 amide bonds. The first-order chi connectivity index (χ1) is 15.1. The molecule has 0 radical (unpaired) electrons. The van der Waals surface area contributed by atoms with E-state index < -0.39 is 0 Å². The van der Waals surface area contributed by atoms with Crippen LogP contribution in [0.3, 0.4) is 0 Å². The van der Waals surface area contributed by atoms with Crippen molar-refractivity contribution in [2.75, 3.05) is 48.7 Å². The average Bonchev–Trinajstić information content (AvgIpc) is 2.76. The normalized spacial score (nSPS) is 14.5. The van der Waals surface area contributed by atoms with Crippen LogP contribution in [0.1, 0.15) is 12.7 Å². The summed E-state index contributed by atoms with van der Waals surface area (Å²) in [6.45, 7) is 6.47. The molecule has 0 atom stereocenters. The van der Waals surface area contributed by atoms with Crippen LogP contribution in [-0.2, 0) is 6.54 Å². The molecule has 1 saturated heterocycles. The van der Waals surface area contributed by atoms with Crippen molar-refractivity contribution in [3.8, 4) is 5.75 Å². The molecule has 1 aliphatic rings. The zero-order valence-electron chi connectivity index (χ0n) is 17.5. The summed E-state index contributed by atoms with van der Waals surface area (Å²) in [4.78, 5) is 16.4. The number of nitrogen functional groups attached to an aromatic ring is 1. The molecule has 162 valence electrons. The molecule has 31 heavy (non-hydrogen) atoms. The monoisotopic (exact) mass is 424 g/mol. The molecule has 3 aromatic rings. The predicted molar refractivity (Wildman–Crippen MR) is 118 cm³/mol. The lowest BCUT2D eigenvalue weighted by molar-refractivity contribution is -0.915. The van der Waals surface area contributed by atoms with Gasteiger partial charge in [-0.05, 0) is 43.3 Å². The van der Waals surface area contributed by atoms with Gasteiger partial charge >= 0.3 is 0 Å². The third-order valence-corrected chi connectivity index (χ3v) is 5.19. The minimum absolute atomic E-state index is 0.179. The van der Waals surface area contributed by atoms with E-state index in [4.69, 9.17) is 10.5 Å². The molecule has 8 nitrogen and oxygen atoms in total. The second-order valence-electron chi connectivity index (χ2n) is 7.38.